The van der Waals surface area contributed by atoms with Crippen LogP contribution in [0.2, 0.25) is 0 Å². The van der Waals surface area contributed by atoms with Crippen LogP contribution in [0.15, 0.2) is 36.4 Å². The second-order valence-electron chi connectivity index (χ2n) is 19.7. The zero-order chi connectivity index (χ0) is 37.5. The molecule has 4 heteroatoms. The van der Waals surface area contributed by atoms with Crippen LogP contribution in [-0.2, 0) is 16.2 Å². The molecule has 0 spiro atoms. The molecule has 3 rings (SSSR count). The molecule has 284 valence electrons. The fourth-order valence-corrected chi connectivity index (χ4v) is 8.42. The van der Waals surface area contributed by atoms with E-state index in [9.17, 15) is 0 Å². The number of rotatable bonds is 20. The molecule has 0 fully saturated rings. The minimum Gasteiger partial charge on any atom is -0.320 e. The van der Waals surface area contributed by atoms with Gasteiger partial charge in [0, 0.05) is 29.6 Å². The van der Waals surface area contributed by atoms with Crippen molar-refractivity contribution < 1.29 is 0 Å². The predicted molar refractivity (Wildman–Crippen MR) is 222 cm³/mol. The van der Waals surface area contributed by atoms with Crippen molar-refractivity contribution in [1.82, 2.24) is 20.0 Å². The van der Waals surface area contributed by atoms with E-state index in [1.807, 2.05) is 0 Å². The summed E-state index contributed by atoms with van der Waals surface area (Å²) in [7, 11) is 11.1. The van der Waals surface area contributed by atoms with Crippen LogP contribution in [0, 0.1) is 0 Å². The molecule has 0 aromatic heterocycles. The van der Waals surface area contributed by atoms with Crippen molar-refractivity contribution in [1.29, 1.82) is 0 Å². The third-order valence-corrected chi connectivity index (χ3v) is 12.1. The van der Waals surface area contributed by atoms with Crippen molar-refractivity contribution in [2.75, 3.05) is 61.4 Å². The van der Waals surface area contributed by atoms with Crippen molar-refractivity contribution in [3.8, 4) is 11.1 Å². The molecular formula is C46H80N4. The lowest BCUT2D eigenvalue weighted by Gasteiger charge is -2.45. The molecule has 0 unspecified atom stereocenters. The van der Waals surface area contributed by atoms with Crippen molar-refractivity contribution in [3.63, 3.8) is 0 Å². The van der Waals surface area contributed by atoms with Crippen LogP contribution in [0.3, 0.4) is 0 Å². The molecule has 0 aliphatic heterocycles. The van der Waals surface area contributed by atoms with E-state index < -0.39 is 0 Å². The zero-order valence-electron chi connectivity index (χ0n) is 35.7. The topological polar surface area (TPSA) is 21.8 Å². The van der Waals surface area contributed by atoms with E-state index in [4.69, 9.17) is 0 Å². The Labute approximate surface area is 311 Å². The Morgan fingerprint density at radius 1 is 0.540 bits per heavy atom. The lowest BCUT2D eigenvalue weighted by Crippen LogP contribution is -2.56. The number of hydrogen-bond donors (Lipinski definition) is 1. The highest BCUT2D eigenvalue weighted by atomic mass is 15.3. The lowest BCUT2D eigenvalue weighted by molar-refractivity contribution is 0.0461. The van der Waals surface area contributed by atoms with Gasteiger partial charge in [0.15, 0.2) is 0 Å². The smallest absolute Gasteiger partial charge is 0.0277 e. The normalized spacial score (nSPS) is 15.0. The summed E-state index contributed by atoms with van der Waals surface area (Å²) in [5.41, 5.74) is 9.79. The van der Waals surface area contributed by atoms with E-state index >= 15 is 0 Å². The van der Waals surface area contributed by atoms with Crippen LogP contribution in [0.25, 0.3) is 11.1 Å². The molecule has 50 heavy (non-hydrogen) atoms. The van der Waals surface area contributed by atoms with Gasteiger partial charge in [-0.05, 0) is 146 Å². The van der Waals surface area contributed by atoms with E-state index in [0.29, 0.717) is 0 Å². The average Bonchev–Trinajstić information content (AvgIpc) is 3.27. The SMILES string of the molecule is CNCCCCCCC1(CCCCCCN(C)C(C)(C)CN(C)C(C)(C)CN(C)C)c2cc(C(C)(C)C)ccc2-c2ccc(C(C)(C)C)cc21. The Morgan fingerprint density at radius 2 is 0.980 bits per heavy atom. The summed E-state index contributed by atoms with van der Waals surface area (Å²) in [6, 6.07) is 15.0. The lowest BCUT2D eigenvalue weighted by atomic mass is 9.69. The van der Waals surface area contributed by atoms with Crippen LogP contribution in [0.4, 0.5) is 0 Å². The van der Waals surface area contributed by atoms with Gasteiger partial charge in [0.1, 0.15) is 0 Å². The van der Waals surface area contributed by atoms with E-state index in [2.05, 4.69) is 161 Å². The number of benzene rings is 2. The minimum absolute atomic E-state index is 0.0962. The van der Waals surface area contributed by atoms with Crippen LogP contribution in [0.5, 0.6) is 0 Å². The maximum absolute atomic E-state index is 3.35. The first kappa shape index (κ1) is 42.7. The molecule has 1 aliphatic carbocycles. The highest BCUT2D eigenvalue weighted by molar-refractivity contribution is 5.82. The first-order valence-corrected chi connectivity index (χ1v) is 20.2. The van der Waals surface area contributed by atoms with Crippen molar-refractivity contribution in [3.05, 3.63) is 58.7 Å². The fraction of sp³-hybridized carbons (Fsp3) is 0.739. The molecule has 1 aliphatic rings. The van der Waals surface area contributed by atoms with E-state index in [1.54, 1.807) is 11.1 Å². The van der Waals surface area contributed by atoms with Gasteiger partial charge in [-0.3, -0.25) is 9.80 Å². The second-order valence-corrected chi connectivity index (χ2v) is 19.7. The van der Waals surface area contributed by atoms with Crippen LogP contribution >= 0.6 is 0 Å². The number of nitrogens with zero attached hydrogens (tertiary/aromatic N) is 3. The molecule has 0 bridgehead atoms. The summed E-state index contributed by atoms with van der Waals surface area (Å²) in [6.07, 6.45) is 12.8. The number of fused-ring (bicyclic) bond motifs is 3. The molecule has 4 nitrogen and oxygen atoms in total. The Hall–Kier alpha value is -1.72. The molecule has 2 aromatic carbocycles. The largest absolute Gasteiger partial charge is 0.320 e. The summed E-state index contributed by atoms with van der Waals surface area (Å²) < 4.78 is 0. The molecule has 0 saturated carbocycles. The number of unbranched alkanes of at least 4 members (excludes halogenated alkanes) is 6. The van der Waals surface area contributed by atoms with Gasteiger partial charge in [0.05, 0.1) is 0 Å². The van der Waals surface area contributed by atoms with Crippen molar-refractivity contribution in [2.24, 2.45) is 0 Å². The third-order valence-electron chi connectivity index (χ3n) is 12.1. The van der Waals surface area contributed by atoms with E-state index in [-0.39, 0.29) is 27.3 Å². The Kier molecular flexibility index (Phi) is 14.9. The highest BCUT2D eigenvalue weighted by Crippen LogP contribution is 2.55. The maximum atomic E-state index is 3.35. The summed E-state index contributed by atoms with van der Waals surface area (Å²) in [6.45, 7) is 28.2. The molecule has 0 atom stereocenters. The third kappa shape index (κ3) is 10.9. The van der Waals surface area contributed by atoms with Gasteiger partial charge in [0.2, 0.25) is 0 Å². The van der Waals surface area contributed by atoms with Gasteiger partial charge < -0.3 is 10.2 Å². The molecule has 0 heterocycles. The number of likely N-dealkylation sites (N-methyl/N-ethyl adjacent to an activating group) is 3. The molecule has 2 aromatic rings. The number of hydrogen-bond acceptors (Lipinski definition) is 4. The van der Waals surface area contributed by atoms with Gasteiger partial charge in [-0.2, -0.15) is 0 Å². The van der Waals surface area contributed by atoms with Crippen LogP contribution in [0.1, 0.15) is 156 Å². The highest BCUT2D eigenvalue weighted by Gasteiger charge is 2.43. The molecule has 0 radical (unpaired) electrons. The van der Waals surface area contributed by atoms with Crippen molar-refractivity contribution >= 4 is 0 Å². The standard InChI is InChI=1S/C46H80N4/c1-42(2,3)36-24-26-38-39-27-25-37(43(4,5)6)33-41(39)46(40(38)32-36,28-20-16-18-22-30-47-11)29-21-17-19-23-31-49(14)45(9,10)35-50(15)44(7,8)34-48(12)13/h24-27,32-33,47H,16-23,28-31,34-35H2,1-15H3. The van der Waals surface area contributed by atoms with E-state index in [0.717, 1.165) is 26.2 Å². The Balaban J connectivity index is 1.80. The van der Waals surface area contributed by atoms with E-state index in [1.165, 1.54) is 86.5 Å². The number of nitrogens with one attached hydrogen (secondary N) is 1. The van der Waals surface area contributed by atoms with Crippen molar-refractivity contribution in [2.45, 2.75) is 161 Å². The van der Waals surface area contributed by atoms with Gasteiger partial charge in [0.25, 0.3) is 0 Å². The molecule has 0 saturated heterocycles. The summed E-state index contributed by atoms with van der Waals surface area (Å²) in [4.78, 5) is 7.46. The maximum Gasteiger partial charge on any atom is 0.0277 e. The molecular weight excluding hydrogens is 609 g/mol. The van der Waals surface area contributed by atoms with Crippen LogP contribution in [-0.4, -0.2) is 87.2 Å². The molecule has 1 N–H and O–H groups in total. The summed E-state index contributed by atoms with van der Waals surface area (Å²) in [5, 5.41) is 3.35. The predicted octanol–water partition coefficient (Wildman–Crippen LogP) is 10.7. The van der Waals surface area contributed by atoms with Gasteiger partial charge >= 0.3 is 0 Å². The van der Waals surface area contributed by atoms with Gasteiger partial charge in [-0.15, -0.1) is 0 Å². The Bertz CT molecular complexity index is 1280. The van der Waals surface area contributed by atoms with Crippen LogP contribution < -0.4 is 5.32 Å². The summed E-state index contributed by atoms with van der Waals surface area (Å²) >= 11 is 0. The Morgan fingerprint density at radius 3 is 1.42 bits per heavy atom. The average molecular weight is 689 g/mol. The first-order chi connectivity index (χ1) is 23.2. The monoisotopic (exact) mass is 689 g/mol. The minimum atomic E-state index is 0.0962. The first-order valence-electron chi connectivity index (χ1n) is 20.2. The second kappa shape index (κ2) is 17.4. The molecule has 0 amide bonds. The zero-order valence-corrected chi connectivity index (χ0v) is 35.7. The fourth-order valence-electron chi connectivity index (χ4n) is 8.42. The van der Waals surface area contributed by atoms with Gasteiger partial charge in [-0.1, -0.05) is 116 Å². The quantitative estimate of drug-likeness (QED) is 0.140. The summed E-state index contributed by atoms with van der Waals surface area (Å²) in [5.74, 6) is 0. The van der Waals surface area contributed by atoms with Gasteiger partial charge in [-0.25, -0.2) is 0 Å².